The number of imide groups is 1. The molecule has 0 saturated carbocycles. The van der Waals surface area contributed by atoms with E-state index >= 15 is 0 Å². The van der Waals surface area contributed by atoms with Crippen LogP contribution < -0.4 is 0 Å². The summed E-state index contributed by atoms with van der Waals surface area (Å²) in [6.45, 7) is 4.16. The first-order valence-electron chi connectivity index (χ1n) is 8.15. The molecule has 1 saturated heterocycles. The van der Waals surface area contributed by atoms with Gasteiger partial charge in [0, 0.05) is 41.4 Å². The molecule has 3 rings (SSSR count). The maximum Gasteiger partial charge on any atom is 0.230 e. The number of likely N-dealkylation sites (tertiary alicyclic amines) is 1. The summed E-state index contributed by atoms with van der Waals surface area (Å²) in [5.41, 5.74) is 3.24. The number of amides is 2. The average molecular weight is 359 g/mol. The van der Waals surface area contributed by atoms with Crippen LogP contribution in [0.5, 0.6) is 0 Å². The van der Waals surface area contributed by atoms with E-state index in [1.54, 1.807) is 6.07 Å². The molecule has 0 spiro atoms. The highest BCUT2D eigenvalue weighted by Crippen LogP contribution is 2.22. The zero-order valence-electron chi connectivity index (χ0n) is 14.2. The molecule has 1 aliphatic rings. The molecule has 2 aromatic rings. The molecule has 0 bridgehead atoms. The lowest BCUT2D eigenvalue weighted by atomic mass is 10.1. The molecule has 0 unspecified atom stereocenters. The molecule has 2 amide bonds. The minimum Gasteiger partial charge on any atom is -0.344 e. The molecule has 6 heteroatoms. The van der Waals surface area contributed by atoms with Crippen molar-refractivity contribution in [3.63, 3.8) is 0 Å². The topological polar surface area (TPSA) is 59.4 Å². The number of rotatable bonds is 5. The number of aromatic nitrogens is 1. The van der Waals surface area contributed by atoms with Crippen LogP contribution in [0.15, 0.2) is 30.3 Å². The standard InChI is InChI=1S/C19H19ClN2O3/c1-12-9-15(17(23)11-22-18(24)7-8-19(22)25)13(2)21(12)10-14-5-3-4-6-16(14)20/h3-6,9H,7-8,10-11H2,1-2H3. The lowest BCUT2D eigenvalue weighted by molar-refractivity contribution is -0.137. The largest absolute Gasteiger partial charge is 0.344 e. The Hall–Kier alpha value is -2.40. The second-order valence-corrected chi connectivity index (χ2v) is 6.67. The van der Waals surface area contributed by atoms with Gasteiger partial charge in [-0.25, -0.2) is 0 Å². The number of carbonyl (C=O) groups excluding carboxylic acids is 3. The Morgan fingerprint density at radius 2 is 1.76 bits per heavy atom. The molecule has 1 fully saturated rings. The second kappa shape index (κ2) is 6.84. The quantitative estimate of drug-likeness (QED) is 0.609. The maximum absolute atomic E-state index is 12.6. The van der Waals surface area contributed by atoms with Crippen molar-refractivity contribution in [2.45, 2.75) is 33.2 Å². The fraction of sp³-hybridized carbons (Fsp3) is 0.316. The van der Waals surface area contributed by atoms with Gasteiger partial charge in [-0.1, -0.05) is 29.8 Å². The Kier molecular flexibility index (Phi) is 4.77. The smallest absolute Gasteiger partial charge is 0.230 e. The van der Waals surface area contributed by atoms with E-state index in [9.17, 15) is 14.4 Å². The fourth-order valence-corrected chi connectivity index (χ4v) is 3.35. The number of halogens is 1. The van der Waals surface area contributed by atoms with E-state index < -0.39 is 0 Å². The van der Waals surface area contributed by atoms with Gasteiger partial charge in [-0.05, 0) is 31.5 Å². The van der Waals surface area contributed by atoms with E-state index in [0.717, 1.165) is 21.9 Å². The van der Waals surface area contributed by atoms with Crippen LogP contribution in [0.2, 0.25) is 5.02 Å². The van der Waals surface area contributed by atoms with Gasteiger partial charge in [-0.15, -0.1) is 0 Å². The normalized spacial score (nSPS) is 14.4. The third-order valence-corrected chi connectivity index (χ3v) is 4.99. The lowest BCUT2D eigenvalue weighted by Crippen LogP contribution is -2.34. The first-order chi connectivity index (χ1) is 11.9. The Labute approximate surface area is 151 Å². The van der Waals surface area contributed by atoms with Gasteiger partial charge in [0.1, 0.15) is 0 Å². The summed E-state index contributed by atoms with van der Waals surface area (Å²) in [4.78, 5) is 37.1. The monoisotopic (exact) mass is 358 g/mol. The van der Waals surface area contributed by atoms with E-state index in [1.165, 1.54) is 0 Å². The molecule has 1 aliphatic heterocycles. The van der Waals surface area contributed by atoms with E-state index in [4.69, 9.17) is 11.6 Å². The fourth-order valence-electron chi connectivity index (χ4n) is 3.15. The van der Waals surface area contributed by atoms with Crippen molar-refractivity contribution in [1.82, 2.24) is 9.47 Å². The van der Waals surface area contributed by atoms with Crippen LogP contribution in [0.25, 0.3) is 0 Å². The zero-order valence-corrected chi connectivity index (χ0v) is 15.0. The Balaban J connectivity index is 1.84. The summed E-state index contributed by atoms with van der Waals surface area (Å²) in [7, 11) is 0. The minimum atomic E-state index is -0.275. The van der Waals surface area contributed by atoms with Crippen LogP contribution in [0.4, 0.5) is 0 Å². The molecule has 0 aliphatic carbocycles. The summed E-state index contributed by atoms with van der Waals surface area (Å²) in [5, 5.41) is 0.677. The van der Waals surface area contributed by atoms with Gasteiger partial charge in [-0.3, -0.25) is 19.3 Å². The van der Waals surface area contributed by atoms with Crippen LogP contribution in [-0.2, 0) is 16.1 Å². The van der Waals surface area contributed by atoms with Gasteiger partial charge in [0.05, 0.1) is 6.54 Å². The summed E-state index contributed by atoms with van der Waals surface area (Å²) < 4.78 is 2.02. The predicted molar refractivity (Wildman–Crippen MR) is 94.7 cm³/mol. The van der Waals surface area contributed by atoms with Crippen LogP contribution >= 0.6 is 11.6 Å². The summed E-state index contributed by atoms with van der Waals surface area (Å²) >= 11 is 6.23. The molecular weight excluding hydrogens is 340 g/mol. The van der Waals surface area contributed by atoms with Crippen molar-refractivity contribution in [2.24, 2.45) is 0 Å². The van der Waals surface area contributed by atoms with Crippen molar-refractivity contribution >= 4 is 29.2 Å². The molecule has 0 atom stereocenters. The highest BCUT2D eigenvalue weighted by atomic mass is 35.5. The van der Waals surface area contributed by atoms with Crippen molar-refractivity contribution in [2.75, 3.05) is 6.54 Å². The Morgan fingerprint density at radius 3 is 2.40 bits per heavy atom. The summed E-state index contributed by atoms with van der Waals surface area (Å²) in [6, 6.07) is 9.39. The minimum absolute atomic E-state index is 0.186. The van der Waals surface area contributed by atoms with Crippen LogP contribution in [0, 0.1) is 13.8 Å². The molecule has 130 valence electrons. The van der Waals surface area contributed by atoms with E-state index in [2.05, 4.69) is 0 Å². The molecule has 0 radical (unpaired) electrons. The number of benzene rings is 1. The first-order valence-corrected chi connectivity index (χ1v) is 8.53. The predicted octanol–water partition coefficient (Wildman–Crippen LogP) is 3.14. The third-order valence-electron chi connectivity index (χ3n) is 4.62. The molecule has 25 heavy (non-hydrogen) atoms. The third kappa shape index (κ3) is 3.37. The Morgan fingerprint density at radius 1 is 1.12 bits per heavy atom. The summed E-state index contributed by atoms with van der Waals surface area (Å²) in [5.74, 6) is -0.770. The number of aryl methyl sites for hydroxylation is 1. The van der Waals surface area contributed by atoms with E-state index in [1.807, 2.05) is 42.7 Å². The number of carbonyl (C=O) groups is 3. The number of ketones is 1. The number of hydrogen-bond donors (Lipinski definition) is 0. The van der Waals surface area contributed by atoms with Gasteiger partial charge in [0.15, 0.2) is 5.78 Å². The van der Waals surface area contributed by atoms with Crippen molar-refractivity contribution in [1.29, 1.82) is 0 Å². The van der Waals surface area contributed by atoms with Crippen molar-refractivity contribution in [3.8, 4) is 0 Å². The molecule has 5 nitrogen and oxygen atoms in total. The molecule has 1 aromatic heterocycles. The maximum atomic E-state index is 12.6. The zero-order chi connectivity index (χ0) is 18.1. The van der Waals surface area contributed by atoms with Crippen LogP contribution in [-0.4, -0.2) is 33.6 Å². The van der Waals surface area contributed by atoms with Gasteiger partial charge in [-0.2, -0.15) is 0 Å². The molecule has 1 aromatic carbocycles. The van der Waals surface area contributed by atoms with E-state index in [-0.39, 0.29) is 37.0 Å². The number of hydrogen-bond acceptors (Lipinski definition) is 3. The highest BCUT2D eigenvalue weighted by Gasteiger charge is 2.31. The van der Waals surface area contributed by atoms with Gasteiger partial charge < -0.3 is 4.57 Å². The average Bonchev–Trinajstić information content (AvgIpc) is 3.04. The van der Waals surface area contributed by atoms with E-state index in [0.29, 0.717) is 17.1 Å². The molecule has 2 heterocycles. The Bertz CT molecular complexity index is 854. The SMILES string of the molecule is Cc1cc(C(=O)CN2C(=O)CCC2=O)c(C)n1Cc1ccccc1Cl. The van der Waals surface area contributed by atoms with Crippen LogP contribution in [0.1, 0.15) is 40.2 Å². The highest BCUT2D eigenvalue weighted by molar-refractivity contribution is 6.31. The lowest BCUT2D eigenvalue weighted by Gasteiger charge is -2.13. The van der Waals surface area contributed by atoms with Crippen LogP contribution in [0.3, 0.4) is 0 Å². The molecule has 0 N–H and O–H groups in total. The van der Waals surface area contributed by atoms with Crippen molar-refractivity contribution in [3.05, 3.63) is 57.9 Å². The number of Topliss-reactive ketones (excluding diaryl/α,β-unsaturated/α-hetero) is 1. The second-order valence-electron chi connectivity index (χ2n) is 6.26. The van der Waals surface area contributed by atoms with Gasteiger partial charge in [0.25, 0.3) is 0 Å². The summed E-state index contributed by atoms with van der Waals surface area (Å²) in [6.07, 6.45) is 0.384. The van der Waals surface area contributed by atoms with Gasteiger partial charge in [0.2, 0.25) is 11.8 Å². The number of nitrogens with zero attached hydrogens (tertiary/aromatic N) is 2. The first kappa shape index (κ1) is 17.4. The molecular formula is C19H19ClN2O3. The van der Waals surface area contributed by atoms with Gasteiger partial charge >= 0.3 is 0 Å². The van der Waals surface area contributed by atoms with Crippen molar-refractivity contribution < 1.29 is 14.4 Å².